The summed E-state index contributed by atoms with van der Waals surface area (Å²) in [5.41, 5.74) is 0.768. The first-order chi connectivity index (χ1) is 6.20. The molecule has 0 saturated heterocycles. The summed E-state index contributed by atoms with van der Waals surface area (Å²) in [6.07, 6.45) is 1.87. The summed E-state index contributed by atoms with van der Waals surface area (Å²) in [6.45, 7) is 2.80. The summed E-state index contributed by atoms with van der Waals surface area (Å²) in [6, 6.07) is 1.61. The average Bonchev–Trinajstić information content (AvgIpc) is 2.58. The van der Waals surface area contributed by atoms with Crippen LogP contribution in [-0.4, -0.2) is 20.9 Å². The van der Waals surface area contributed by atoms with Crippen LogP contribution in [0.15, 0.2) is 12.3 Å². The van der Waals surface area contributed by atoms with Crippen molar-refractivity contribution in [1.29, 1.82) is 0 Å². The molecule has 0 radical (unpaired) electrons. The van der Waals surface area contributed by atoms with Crippen LogP contribution < -0.4 is 0 Å². The van der Waals surface area contributed by atoms with Gasteiger partial charge in [-0.2, -0.15) is 5.10 Å². The number of thiophene rings is 1. The number of aromatic nitrogens is 2. The lowest BCUT2D eigenvalue weighted by Crippen LogP contribution is -1.94. The maximum Gasteiger partial charge on any atom is 0.345 e. The summed E-state index contributed by atoms with van der Waals surface area (Å²) >= 11 is 1.26. The van der Waals surface area contributed by atoms with E-state index < -0.39 is 5.97 Å². The molecule has 13 heavy (non-hydrogen) atoms. The number of carbonyl (C=O) groups is 1. The van der Waals surface area contributed by atoms with Gasteiger partial charge in [0.05, 0.1) is 4.70 Å². The zero-order valence-corrected chi connectivity index (χ0v) is 7.84. The first kappa shape index (κ1) is 8.25. The Kier molecular flexibility index (Phi) is 1.81. The van der Waals surface area contributed by atoms with Gasteiger partial charge in [0.2, 0.25) is 0 Å². The van der Waals surface area contributed by atoms with E-state index in [1.165, 1.54) is 11.3 Å². The maximum absolute atomic E-state index is 10.6. The van der Waals surface area contributed by atoms with Crippen LogP contribution in [0.2, 0.25) is 0 Å². The molecule has 1 N–H and O–H groups in total. The van der Waals surface area contributed by atoms with Crippen LogP contribution in [0, 0.1) is 0 Å². The number of hydrogen-bond donors (Lipinski definition) is 1. The summed E-state index contributed by atoms with van der Waals surface area (Å²) in [7, 11) is 0. The van der Waals surface area contributed by atoms with Gasteiger partial charge in [0, 0.05) is 12.7 Å². The number of nitrogens with zero attached hydrogens (tertiary/aromatic N) is 2. The van der Waals surface area contributed by atoms with E-state index in [1.54, 1.807) is 10.7 Å². The predicted molar refractivity (Wildman–Crippen MR) is 50.2 cm³/mol. The molecule has 4 nitrogen and oxygen atoms in total. The van der Waals surface area contributed by atoms with Gasteiger partial charge in [-0.05, 0) is 13.0 Å². The summed E-state index contributed by atoms with van der Waals surface area (Å²) in [4.78, 5) is 10.9. The van der Waals surface area contributed by atoms with E-state index in [0.29, 0.717) is 4.88 Å². The standard InChI is InChI=1S/C8H8N2O2S/c1-2-10-4-7-5(9-10)3-6(13-7)8(11)12/h3-4H,2H2,1H3,(H,11,12). The van der Waals surface area contributed by atoms with Crippen LogP contribution in [0.25, 0.3) is 10.2 Å². The Labute approximate surface area is 78.4 Å². The highest BCUT2D eigenvalue weighted by atomic mass is 32.1. The van der Waals surface area contributed by atoms with E-state index in [-0.39, 0.29) is 0 Å². The van der Waals surface area contributed by atoms with Gasteiger partial charge < -0.3 is 5.11 Å². The van der Waals surface area contributed by atoms with Gasteiger partial charge in [-0.15, -0.1) is 11.3 Å². The van der Waals surface area contributed by atoms with E-state index in [4.69, 9.17) is 5.11 Å². The van der Waals surface area contributed by atoms with Crippen LogP contribution in [0.1, 0.15) is 16.6 Å². The largest absolute Gasteiger partial charge is 0.477 e. The monoisotopic (exact) mass is 196 g/mol. The Morgan fingerprint density at radius 2 is 2.54 bits per heavy atom. The molecule has 2 aromatic heterocycles. The lowest BCUT2D eigenvalue weighted by molar-refractivity contribution is 0.0702. The lowest BCUT2D eigenvalue weighted by Gasteiger charge is -1.90. The van der Waals surface area contributed by atoms with E-state index in [9.17, 15) is 4.79 Å². The number of fused-ring (bicyclic) bond motifs is 1. The van der Waals surface area contributed by atoms with Crippen molar-refractivity contribution < 1.29 is 9.90 Å². The van der Waals surface area contributed by atoms with E-state index >= 15 is 0 Å². The number of rotatable bonds is 2. The number of aryl methyl sites for hydroxylation is 1. The molecule has 0 aliphatic heterocycles. The van der Waals surface area contributed by atoms with Crippen molar-refractivity contribution in [3.8, 4) is 0 Å². The molecule has 0 fully saturated rings. The van der Waals surface area contributed by atoms with Crippen LogP contribution in [0.5, 0.6) is 0 Å². The molecule has 0 unspecified atom stereocenters. The number of carboxylic acids is 1. The molecule has 0 amide bonds. The second-order valence-electron chi connectivity index (χ2n) is 2.65. The Balaban J connectivity index is 2.54. The fourth-order valence-corrected chi connectivity index (χ4v) is 2.01. The zero-order valence-electron chi connectivity index (χ0n) is 7.02. The van der Waals surface area contributed by atoms with Crippen LogP contribution >= 0.6 is 11.3 Å². The van der Waals surface area contributed by atoms with Crippen LogP contribution in [0.3, 0.4) is 0 Å². The van der Waals surface area contributed by atoms with Crippen molar-refractivity contribution in [2.45, 2.75) is 13.5 Å². The molecule has 2 rings (SSSR count). The molecule has 5 heteroatoms. The molecule has 0 saturated carbocycles. The van der Waals surface area contributed by atoms with E-state index in [2.05, 4.69) is 5.10 Å². The number of aromatic carboxylic acids is 1. The normalized spacial score (nSPS) is 10.8. The van der Waals surface area contributed by atoms with Gasteiger partial charge >= 0.3 is 5.97 Å². The maximum atomic E-state index is 10.6. The Bertz CT molecular complexity index is 426. The summed E-state index contributed by atoms with van der Waals surface area (Å²) < 4.78 is 2.73. The van der Waals surface area contributed by atoms with Gasteiger partial charge in [-0.25, -0.2) is 4.79 Å². The van der Waals surface area contributed by atoms with Crippen LogP contribution in [0.4, 0.5) is 0 Å². The zero-order chi connectivity index (χ0) is 9.42. The smallest absolute Gasteiger partial charge is 0.345 e. The lowest BCUT2D eigenvalue weighted by atomic mass is 10.4. The molecule has 0 spiro atoms. The van der Waals surface area contributed by atoms with Gasteiger partial charge in [-0.1, -0.05) is 0 Å². The Hall–Kier alpha value is -1.36. The van der Waals surface area contributed by atoms with Gasteiger partial charge in [0.1, 0.15) is 10.4 Å². The Morgan fingerprint density at radius 3 is 3.08 bits per heavy atom. The third kappa shape index (κ3) is 1.31. The first-order valence-electron chi connectivity index (χ1n) is 3.91. The van der Waals surface area contributed by atoms with Gasteiger partial charge in [0.15, 0.2) is 0 Å². The van der Waals surface area contributed by atoms with Crippen LogP contribution in [-0.2, 0) is 6.54 Å². The van der Waals surface area contributed by atoms with Crippen molar-refractivity contribution in [2.75, 3.05) is 0 Å². The third-order valence-electron chi connectivity index (χ3n) is 1.78. The Morgan fingerprint density at radius 1 is 1.77 bits per heavy atom. The molecule has 68 valence electrons. The first-order valence-corrected chi connectivity index (χ1v) is 4.72. The second-order valence-corrected chi connectivity index (χ2v) is 3.73. The highest BCUT2D eigenvalue weighted by Crippen LogP contribution is 2.24. The van der Waals surface area contributed by atoms with Crippen molar-refractivity contribution >= 4 is 27.5 Å². The highest BCUT2D eigenvalue weighted by Gasteiger charge is 2.10. The summed E-state index contributed by atoms with van der Waals surface area (Å²) in [5.74, 6) is -0.883. The van der Waals surface area contributed by atoms with Crippen molar-refractivity contribution in [2.24, 2.45) is 0 Å². The fraction of sp³-hybridized carbons (Fsp3) is 0.250. The van der Waals surface area contributed by atoms with Crippen molar-refractivity contribution in [1.82, 2.24) is 9.78 Å². The molecule has 0 aromatic carbocycles. The fourth-order valence-electron chi connectivity index (χ4n) is 1.14. The summed E-state index contributed by atoms with van der Waals surface area (Å²) in [5, 5.41) is 12.9. The molecule has 2 heterocycles. The minimum atomic E-state index is -0.883. The molecular formula is C8H8N2O2S. The van der Waals surface area contributed by atoms with Gasteiger partial charge in [-0.3, -0.25) is 4.68 Å². The molecule has 2 aromatic rings. The molecule has 0 atom stereocenters. The van der Waals surface area contributed by atoms with Crippen molar-refractivity contribution in [3.05, 3.63) is 17.1 Å². The quantitative estimate of drug-likeness (QED) is 0.797. The number of hydrogen-bond acceptors (Lipinski definition) is 3. The third-order valence-corrected chi connectivity index (χ3v) is 2.82. The minimum Gasteiger partial charge on any atom is -0.477 e. The average molecular weight is 196 g/mol. The van der Waals surface area contributed by atoms with Crippen molar-refractivity contribution in [3.63, 3.8) is 0 Å². The molecular weight excluding hydrogens is 188 g/mol. The SMILES string of the molecule is CCn1cc2sc(C(=O)O)cc2n1. The van der Waals surface area contributed by atoms with E-state index in [0.717, 1.165) is 16.8 Å². The minimum absolute atomic E-state index is 0.348. The molecule has 0 bridgehead atoms. The number of carboxylic acid groups (broad SMARTS) is 1. The topological polar surface area (TPSA) is 55.1 Å². The molecule has 0 aliphatic carbocycles. The molecule has 0 aliphatic rings. The second kappa shape index (κ2) is 2.85. The predicted octanol–water partition coefficient (Wildman–Crippen LogP) is 1.82. The van der Waals surface area contributed by atoms with E-state index in [1.807, 2.05) is 13.1 Å². The highest BCUT2D eigenvalue weighted by molar-refractivity contribution is 7.20. The van der Waals surface area contributed by atoms with Gasteiger partial charge in [0.25, 0.3) is 0 Å².